The second kappa shape index (κ2) is 4.97. The highest BCUT2D eigenvalue weighted by atomic mass is 32.1. The van der Waals surface area contributed by atoms with Crippen LogP contribution in [0.4, 0.5) is 5.82 Å². The van der Waals surface area contributed by atoms with E-state index < -0.39 is 0 Å². The summed E-state index contributed by atoms with van der Waals surface area (Å²) in [6.45, 7) is 2.04. The third kappa shape index (κ3) is 2.62. The molecule has 0 saturated carbocycles. The zero-order valence-corrected chi connectivity index (χ0v) is 10.1. The third-order valence-corrected chi connectivity index (χ3v) is 3.48. The van der Waals surface area contributed by atoms with Gasteiger partial charge in [-0.25, -0.2) is 4.98 Å². The summed E-state index contributed by atoms with van der Waals surface area (Å²) in [6.07, 6.45) is 2.42. The summed E-state index contributed by atoms with van der Waals surface area (Å²) >= 11 is 1.44. The first kappa shape index (κ1) is 11.6. The summed E-state index contributed by atoms with van der Waals surface area (Å²) in [4.78, 5) is 17.5. The van der Waals surface area contributed by atoms with Crippen molar-refractivity contribution in [3.05, 3.63) is 40.2 Å². The van der Waals surface area contributed by atoms with Crippen molar-refractivity contribution in [3.8, 4) is 5.75 Å². The fourth-order valence-electron chi connectivity index (χ4n) is 1.35. The number of aromatic hydroxyl groups is 1. The van der Waals surface area contributed by atoms with E-state index in [4.69, 9.17) is 0 Å². The van der Waals surface area contributed by atoms with Gasteiger partial charge in [-0.1, -0.05) is 6.92 Å². The number of nitrogens with one attached hydrogen (secondary N) is 1. The van der Waals surface area contributed by atoms with Gasteiger partial charge in [0, 0.05) is 11.1 Å². The first-order chi connectivity index (χ1) is 8.20. The quantitative estimate of drug-likeness (QED) is 0.877. The normalized spacial score (nSPS) is 10.2. The van der Waals surface area contributed by atoms with Gasteiger partial charge in [0.15, 0.2) is 11.6 Å². The number of aromatic nitrogens is 1. The van der Waals surface area contributed by atoms with Crippen molar-refractivity contribution in [2.24, 2.45) is 0 Å². The van der Waals surface area contributed by atoms with Crippen LogP contribution in [0, 0.1) is 0 Å². The molecule has 0 aliphatic heterocycles. The average Bonchev–Trinajstić information content (AvgIpc) is 2.81. The molecule has 2 rings (SSSR count). The lowest BCUT2D eigenvalue weighted by Crippen LogP contribution is -2.11. The SMILES string of the molecule is CCc1ccc(C(=O)Nc2ncccc2O)s1. The molecule has 88 valence electrons. The standard InChI is InChI=1S/C12H12N2O2S/c1-2-8-5-6-10(17-8)12(16)14-11-9(15)4-3-7-13-11/h3-7,15H,2H2,1H3,(H,13,14,16). The lowest BCUT2D eigenvalue weighted by molar-refractivity contribution is 0.102. The summed E-state index contributed by atoms with van der Waals surface area (Å²) in [7, 11) is 0. The monoisotopic (exact) mass is 248 g/mol. The minimum Gasteiger partial charge on any atom is -0.504 e. The highest BCUT2D eigenvalue weighted by Crippen LogP contribution is 2.22. The molecule has 2 aromatic rings. The molecule has 0 unspecified atom stereocenters. The molecule has 2 aromatic heterocycles. The highest BCUT2D eigenvalue weighted by molar-refractivity contribution is 7.14. The van der Waals surface area contributed by atoms with Crippen LogP contribution in [0.1, 0.15) is 21.5 Å². The molecule has 0 aliphatic carbocycles. The van der Waals surface area contributed by atoms with Gasteiger partial charge in [0.05, 0.1) is 4.88 Å². The average molecular weight is 248 g/mol. The van der Waals surface area contributed by atoms with Crippen molar-refractivity contribution < 1.29 is 9.90 Å². The fraction of sp³-hybridized carbons (Fsp3) is 0.167. The Kier molecular flexibility index (Phi) is 3.39. The molecule has 17 heavy (non-hydrogen) atoms. The van der Waals surface area contributed by atoms with Gasteiger partial charge in [-0.3, -0.25) is 4.79 Å². The zero-order chi connectivity index (χ0) is 12.3. The first-order valence-electron chi connectivity index (χ1n) is 5.24. The van der Waals surface area contributed by atoms with Crippen LogP contribution in [-0.4, -0.2) is 16.0 Å². The Morgan fingerprint density at radius 1 is 1.47 bits per heavy atom. The van der Waals surface area contributed by atoms with E-state index in [0.29, 0.717) is 4.88 Å². The van der Waals surface area contributed by atoms with Crippen LogP contribution >= 0.6 is 11.3 Å². The van der Waals surface area contributed by atoms with E-state index in [9.17, 15) is 9.90 Å². The van der Waals surface area contributed by atoms with Crippen LogP contribution < -0.4 is 5.32 Å². The maximum absolute atomic E-state index is 11.8. The van der Waals surface area contributed by atoms with Crippen LogP contribution in [0.25, 0.3) is 0 Å². The van der Waals surface area contributed by atoms with E-state index in [-0.39, 0.29) is 17.5 Å². The Balaban J connectivity index is 2.14. The molecule has 0 spiro atoms. The number of aryl methyl sites for hydroxylation is 1. The summed E-state index contributed by atoms with van der Waals surface area (Å²) in [6, 6.07) is 6.79. The van der Waals surface area contributed by atoms with Crippen LogP contribution in [0.5, 0.6) is 5.75 Å². The number of hydrogen-bond donors (Lipinski definition) is 2. The summed E-state index contributed by atoms with van der Waals surface area (Å²) in [5, 5.41) is 12.1. The predicted octanol–water partition coefficient (Wildman–Crippen LogP) is 2.66. The molecule has 2 heterocycles. The van der Waals surface area contributed by atoms with Crippen LogP contribution in [0.15, 0.2) is 30.5 Å². The van der Waals surface area contributed by atoms with Gasteiger partial charge in [0.2, 0.25) is 0 Å². The van der Waals surface area contributed by atoms with Crippen molar-refractivity contribution in [1.82, 2.24) is 4.98 Å². The molecular weight excluding hydrogens is 236 g/mol. The molecule has 5 heteroatoms. The minimum atomic E-state index is -0.247. The van der Waals surface area contributed by atoms with E-state index >= 15 is 0 Å². The van der Waals surface area contributed by atoms with E-state index in [1.54, 1.807) is 12.1 Å². The Morgan fingerprint density at radius 2 is 2.29 bits per heavy atom. The van der Waals surface area contributed by atoms with Gasteiger partial charge in [0.1, 0.15) is 0 Å². The molecule has 0 aromatic carbocycles. The maximum atomic E-state index is 11.8. The van der Waals surface area contributed by atoms with Crippen molar-refractivity contribution in [2.75, 3.05) is 5.32 Å². The molecule has 4 nitrogen and oxygen atoms in total. The van der Waals surface area contributed by atoms with Gasteiger partial charge in [-0.15, -0.1) is 11.3 Å². The number of carbonyl (C=O) groups is 1. The van der Waals surface area contributed by atoms with Gasteiger partial charge < -0.3 is 10.4 Å². The van der Waals surface area contributed by atoms with Crippen LogP contribution in [0.2, 0.25) is 0 Å². The maximum Gasteiger partial charge on any atom is 0.266 e. The number of carbonyl (C=O) groups excluding carboxylic acids is 1. The van der Waals surface area contributed by atoms with E-state index in [1.807, 2.05) is 13.0 Å². The van der Waals surface area contributed by atoms with Crippen molar-refractivity contribution in [3.63, 3.8) is 0 Å². The smallest absolute Gasteiger partial charge is 0.266 e. The highest BCUT2D eigenvalue weighted by Gasteiger charge is 2.11. The topological polar surface area (TPSA) is 62.2 Å². The number of anilines is 1. The number of rotatable bonds is 3. The van der Waals surface area contributed by atoms with Crippen molar-refractivity contribution in [2.45, 2.75) is 13.3 Å². The van der Waals surface area contributed by atoms with Gasteiger partial charge in [0.25, 0.3) is 5.91 Å². The molecule has 0 bridgehead atoms. The number of thiophene rings is 1. The Labute approximate surface area is 103 Å². The molecule has 0 atom stereocenters. The fourth-order valence-corrected chi connectivity index (χ4v) is 2.19. The lowest BCUT2D eigenvalue weighted by atomic mass is 10.3. The minimum absolute atomic E-state index is 0.0341. The molecule has 0 fully saturated rings. The van der Waals surface area contributed by atoms with E-state index in [2.05, 4.69) is 10.3 Å². The molecule has 2 N–H and O–H groups in total. The molecule has 0 saturated heterocycles. The van der Waals surface area contributed by atoms with Gasteiger partial charge in [-0.2, -0.15) is 0 Å². The van der Waals surface area contributed by atoms with Crippen LogP contribution in [0.3, 0.4) is 0 Å². The summed E-state index contributed by atoms with van der Waals surface area (Å²) < 4.78 is 0. The number of hydrogen-bond acceptors (Lipinski definition) is 4. The third-order valence-electron chi connectivity index (χ3n) is 2.25. The molecule has 1 amide bonds. The second-order valence-electron chi connectivity index (χ2n) is 3.44. The predicted molar refractivity (Wildman–Crippen MR) is 67.6 cm³/mol. The van der Waals surface area contributed by atoms with Crippen molar-refractivity contribution in [1.29, 1.82) is 0 Å². The summed E-state index contributed by atoms with van der Waals surface area (Å²) in [5.74, 6) is -0.0965. The molecular formula is C12H12N2O2S. The number of amides is 1. The van der Waals surface area contributed by atoms with E-state index in [0.717, 1.165) is 11.3 Å². The largest absolute Gasteiger partial charge is 0.504 e. The summed E-state index contributed by atoms with van der Waals surface area (Å²) in [5.41, 5.74) is 0. The first-order valence-corrected chi connectivity index (χ1v) is 6.06. The van der Waals surface area contributed by atoms with Crippen molar-refractivity contribution >= 4 is 23.1 Å². The lowest BCUT2D eigenvalue weighted by Gasteiger charge is -2.03. The zero-order valence-electron chi connectivity index (χ0n) is 9.30. The number of pyridine rings is 1. The molecule has 0 aliphatic rings. The Hall–Kier alpha value is -1.88. The van der Waals surface area contributed by atoms with Gasteiger partial charge in [-0.05, 0) is 30.7 Å². The second-order valence-corrected chi connectivity index (χ2v) is 4.61. The van der Waals surface area contributed by atoms with Gasteiger partial charge >= 0.3 is 0 Å². The Morgan fingerprint density at radius 3 is 2.94 bits per heavy atom. The van der Waals surface area contributed by atoms with Crippen LogP contribution in [-0.2, 0) is 6.42 Å². The molecule has 0 radical (unpaired) electrons. The Bertz CT molecular complexity index is 537. The number of nitrogens with zero attached hydrogens (tertiary/aromatic N) is 1. The van der Waals surface area contributed by atoms with E-state index in [1.165, 1.54) is 23.6 Å².